The first-order chi connectivity index (χ1) is 8.46. The second-order valence-electron chi connectivity index (χ2n) is 4.37. The molecule has 18 heavy (non-hydrogen) atoms. The zero-order chi connectivity index (χ0) is 13.8. The number of benzene rings is 1. The summed E-state index contributed by atoms with van der Waals surface area (Å²) >= 11 is 0. The number of rotatable bonds is 4. The van der Waals surface area contributed by atoms with Crippen molar-refractivity contribution in [3.8, 4) is 6.07 Å². The Morgan fingerprint density at radius 1 is 1.39 bits per heavy atom. The van der Waals surface area contributed by atoms with Crippen LogP contribution in [0.15, 0.2) is 18.2 Å². The van der Waals surface area contributed by atoms with Gasteiger partial charge in [-0.2, -0.15) is 5.26 Å². The number of amides is 1. The van der Waals surface area contributed by atoms with Crippen LogP contribution in [0.5, 0.6) is 0 Å². The van der Waals surface area contributed by atoms with Crippen molar-refractivity contribution >= 4 is 5.91 Å². The molecule has 3 nitrogen and oxygen atoms in total. The molecule has 0 heterocycles. The van der Waals surface area contributed by atoms with Crippen molar-refractivity contribution in [2.24, 2.45) is 0 Å². The van der Waals surface area contributed by atoms with Crippen molar-refractivity contribution in [3.05, 3.63) is 35.1 Å². The van der Waals surface area contributed by atoms with Gasteiger partial charge in [0.1, 0.15) is 11.4 Å². The van der Waals surface area contributed by atoms with E-state index in [4.69, 9.17) is 5.26 Å². The van der Waals surface area contributed by atoms with Crippen LogP contribution in [0.25, 0.3) is 0 Å². The molecule has 0 bridgehead atoms. The van der Waals surface area contributed by atoms with Crippen molar-refractivity contribution in [1.29, 1.82) is 5.26 Å². The highest BCUT2D eigenvalue weighted by Crippen LogP contribution is 2.16. The smallest absolute Gasteiger partial charge is 0.252 e. The van der Waals surface area contributed by atoms with E-state index in [-0.39, 0.29) is 5.56 Å². The number of nitriles is 1. The van der Waals surface area contributed by atoms with Gasteiger partial charge in [-0.05, 0) is 43.5 Å². The normalized spacial score (nSPS) is 10.8. The first kappa shape index (κ1) is 14.2. The van der Waals surface area contributed by atoms with E-state index in [0.717, 1.165) is 0 Å². The summed E-state index contributed by atoms with van der Waals surface area (Å²) in [6, 6.07) is 6.25. The minimum atomic E-state index is -0.878. The van der Waals surface area contributed by atoms with Crippen molar-refractivity contribution in [1.82, 2.24) is 5.32 Å². The maximum atomic E-state index is 13.2. The lowest BCUT2D eigenvalue weighted by Crippen LogP contribution is -2.46. The molecule has 1 rings (SSSR count). The molecule has 1 amide bonds. The Morgan fingerprint density at radius 2 is 2.00 bits per heavy atom. The second-order valence-corrected chi connectivity index (χ2v) is 4.37. The molecule has 96 valence electrons. The molecule has 0 atom stereocenters. The van der Waals surface area contributed by atoms with Gasteiger partial charge in [0.2, 0.25) is 0 Å². The summed E-state index contributed by atoms with van der Waals surface area (Å²) in [5.41, 5.74) is 0.0434. The lowest BCUT2D eigenvalue weighted by atomic mass is 9.94. The molecule has 0 fully saturated rings. The van der Waals surface area contributed by atoms with E-state index in [1.54, 1.807) is 13.0 Å². The molecular weight excluding hydrogens is 231 g/mol. The van der Waals surface area contributed by atoms with Crippen molar-refractivity contribution < 1.29 is 9.18 Å². The molecule has 0 aromatic heterocycles. The molecule has 1 aromatic rings. The Morgan fingerprint density at radius 3 is 2.44 bits per heavy atom. The molecule has 0 aliphatic rings. The molecule has 0 aliphatic heterocycles. The van der Waals surface area contributed by atoms with Gasteiger partial charge in [0.05, 0.1) is 6.07 Å². The Bertz CT molecular complexity index is 467. The number of aryl methyl sites for hydroxylation is 1. The summed E-state index contributed by atoms with van der Waals surface area (Å²) in [6.45, 7) is 5.39. The number of hydrogen-bond donors (Lipinski definition) is 1. The van der Waals surface area contributed by atoms with Crippen LogP contribution in [0.4, 0.5) is 4.39 Å². The largest absolute Gasteiger partial charge is 0.334 e. The van der Waals surface area contributed by atoms with Crippen LogP contribution in [0.3, 0.4) is 0 Å². The average Bonchev–Trinajstić information content (AvgIpc) is 2.35. The van der Waals surface area contributed by atoms with Crippen LogP contribution in [-0.4, -0.2) is 11.4 Å². The topological polar surface area (TPSA) is 52.9 Å². The van der Waals surface area contributed by atoms with Crippen LogP contribution >= 0.6 is 0 Å². The minimum Gasteiger partial charge on any atom is -0.334 e. The molecular formula is C14H17FN2O. The molecule has 0 radical (unpaired) electrons. The predicted molar refractivity (Wildman–Crippen MR) is 67.5 cm³/mol. The minimum absolute atomic E-state index is 0.244. The van der Waals surface area contributed by atoms with Crippen LogP contribution < -0.4 is 5.32 Å². The quantitative estimate of drug-likeness (QED) is 0.890. The van der Waals surface area contributed by atoms with Crippen LogP contribution in [0.2, 0.25) is 0 Å². The molecule has 1 aromatic carbocycles. The number of halogens is 1. The summed E-state index contributed by atoms with van der Waals surface area (Å²) < 4.78 is 13.2. The molecule has 1 N–H and O–H groups in total. The van der Waals surface area contributed by atoms with Crippen LogP contribution in [0, 0.1) is 24.1 Å². The average molecular weight is 248 g/mol. The van der Waals surface area contributed by atoms with Gasteiger partial charge in [-0.3, -0.25) is 4.79 Å². The lowest BCUT2D eigenvalue weighted by Gasteiger charge is -2.25. The van der Waals surface area contributed by atoms with Crippen molar-refractivity contribution in [3.63, 3.8) is 0 Å². The zero-order valence-corrected chi connectivity index (χ0v) is 10.9. The second kappa shape index (κ2) is 5.63. The van der Waals surface area contributed by atoms with Gasteiger partial charge in [0.15, 0.2) is 0 Å². The summed E-state index contributed by atoms with van der Waals surface area (Å²) in [7, 11) is 0. The van der Waals surface area contributed by atoms with Crippen molar-refractivity contribution in [2.45, 2.75) is 39.2 Å². The summed E-state index contributed by atoms with van der Waals surface area (Å²) in [6.07, 6.45) is 1.03. The van der Waals surface area contributed by atoms with E-state index in [0.29, 0.717) is 18.4 Å². The Kier molecular flexibility index (Phi) is 4.43. The highest BCUT2D eigenvalue weighted by molar-refractivity contribution is 5.95. The zero-order valence-electron chi connectivity index (χ0n) is 10.9. The van der Waals surface area contributed by atoms with Crippen molar-refractivity contribution in [2.75, 3.05) is 0 Å². The van der Waals surface area contributed by atoms with E-state index in [9.17, 15) is 9.18 Å². The highest BCUT2D eigenvalue weighted by atomic mass is 19.1. The van der Waals surface area contributed by atoms with E-state index in [1.807, 2.05) is 13.8 Å². The maximum absolute atomic E-state index is 13.2. The standard InChI is InChI=1S/C14H17FN2O/c1-4-14(5-2,9-16)17-13(18)11-6-10(3)7-12(15)8-11/h6-8H,4-5H2,1-3H3,(H,17,18). The van der Waals surface area contributed by atoms with Crippen LogP contribution in [0.1, 0.15) is 42.6 Å². The Balaban J connectivity index is 2.98. The Hall–Kier alpha value is -1.89. The summed E-state index contributed by atoms with van der Waals surface area (Å²) in [5, 5.41) is 11.8. The number of nitrogens with zero attached hydrogens (tertiary/aromatic N) is 1. The van der Waals surface area contributed by atoms with Gasteiger partial charge in [-0.15, -0.1) is 0 Å². The van der Waals surface area contributed by atoms with Gasteiger partial charge < -0.3 is 5.32 Å². The summed E-state index contributed by atoms with van der Waals surface area (Å²) in [4.78, 5) is 12.0. The third kappa shape index (κ3) is 3.07. The van der Waals surface area contributed by atoms with E-state index >= 15 is 0 Å². The molecule has 0 saturated heterocycles. The number of carbonyl (C=O) groups excluding carboxylic acids is 1. The van der Waals surface area contributed by atoms with Gasteiger partial charge in [-0.1, -0.05) is 13.8 Å². The van der Waals surface area contributed by atoms with E-state index in [2.05, 4.69) is 11.4 Å². The highest BCUT2D eigenvalue weighted by Gasteiger charge is 2.28. The molecule has 4 heteroatoms. The van der Waals surface area contributed by atoms with Gasteiger partial charge >= 0.3 is 0 Å². The molecule has 0 saturated carbocycles. The van der Waals surface area contributed by atoms with E-state index in [1.165, 1.54) is 12.1 Å². The maximum Gasteiger partial charge on any atom is 0.252 e. The third-order valence-electron chi connectivity index (χ3n) is 3.08. The van der Waals surface area contributed by atoms with Gasteiger partial charge in [0.25, 0.3) is 5.91 Å². The SMILES string of the molecule is CCC(C#N)(CC)NC(=O)c1cc(C)cc(F)c1. The fraction of sp³-hybridized carbons (Fsp3) is 0.429. The molecule has 0 spiro atoms. The third-order valence-corrected chi connectivity index (χ3v) is 3.08. The predicted octanol–water partition coefficient (Wildman–Crippen LogP) is 2.95. The first-order valence-electron chi connectivity index (χ1n) is 5.97. The molecule has 0 unspecified atom stereocenters. The summed E-state index contributed by atoms with van der Waals surface area (Å²) in [5.74, 6) is -0.862. The van der Waals surface area contributed by atoms with Gasteiger partial charge in [0, 0.05) is 5.56 Å². The van der Waals surface area contributed by atoms with E-state index < -0.39 is 17.3 Å². The monoisotopic (exact) mass is 248 g/mol. The fourth-order valence-electron chi connectivity index (χ4n) is 1.77. The first-order valence-corrected chi connectivity index (χ1v) is 5.97. The number of hydrogen-bond acceptors (Lipinski definition) is 2. The number of carbonyl (C=O) groups is 1. The molecule has 0 aliphatic carbocycles. The van der Waals surface area contributed by atoms with Crippen LogP contribution in [-0.2, 0) is 0 Å². The lowest BCUT2D eigenvalue weighted by molar-refractivity contribution is 0.0915. The number of nitrogens with one attached hydrogen (secondary N) is 1. The Labute approximate surface area is 107 Å². The van der Waals surface area contributed by atoms with Gasteiger partial charge in [-0.25, -0.2) is 4.39 Å². The fourth-order valence-corrected chi connectivity index (χ4v) is 1.77.